The normalized spacial score (nSPS) is 15.7. The molecule has 0 saturated heterocycles. The van der Waals surface area contributed by atoms with Gasteiger partial charge in [0.1, 0.15) is 29.6 Å². The Balaban J connectivity index is 1.31. The minimum Gasteiger partial charge on any atom is -0.456 e. The van der Waals surface area contributed by atoms with Gasteiger partial charge in [-0.1, -0.05) is 52.3 Å². The Morgan fingerprint density at radius 1 is 0.975 bits per heavy atom. The van der Waals surface area contributed by atoms with Crippen LogP contribution in [-0.2, 0) is 17.7 Å². The second-order valence-electron chi connectivity index (χ2n) is 9.36. The molecule has 0 bridgehead atoms. The molecule has 0 aliphatic heterocycles. The first-order valence-corrected chi connectivity index (χ1v) is 13.3. The minimum atomic E-state index is -0.648. The molecule has 1 aromatic heterocycles. The van der Waals surface area contributed by atoms with Crippen molar-refractivity contribution >= 4 is 33.7 Å². The lowest BCUT2D eigenvalue weighted by Gasteiger charge is -2.22. The van der Waals surface area contributed by atoms with Crippen molar-refractivity contribution in [3.05, 3.63) is 129 Å². The van der Waals surface area contributed by atoms with Crippen molar-refractivity contribution < 1.29 is 23.5 Å². The van der Waals surface area contributed by atoms with Crippen LogP contribution in [0.4, 0.5) is 4.39 Å². The van der Waals surface area contributed by atoms with Gasteiger partial charge in [0, 0.05) is 23.5 Å². The van der Waals surface area contributed by atoms with Crippen LogP contribution in [0.3, 0.4) is 0 Å². The number of aromatic nitrogens is 2. The predicted molar refractivity (Wildman–Crippen MR) is 148 cm³/mol. The van der Waals surface area contributed by atoms with E-state index in [2.05, 4.69) is 36.5 Å². The maximum atomic E-state index is 13.5. The summed E-state index contributed by atoms with van der Waals surface area (Å²) in [5.74, 6) is -1.87. The number of aryl methyl sites for hydroxylation is 1. The number of nitrogens with one attached hydrogen (secondary N) is 2. The number of hydrogen-bond donors (Lipinski definition) is 2. The van der Waals surface area contributed by atoms with Crippen LogP contribution in [-0.4, -0.2) is 33.9 Å². The molecule has 202 valence electrons. The number of benzene rings is 3. The van der Waals surface area contributed by atoms with E-state index in [0.717, 1.165) is 27.5 Å². The minimum absolute atomic E-state index is 0.00166. The molecule has 0 fully saturated rings. The Kier molecular flexibility index (Phi) is 7.97. The Morgan fingerprint density at radius 2 is 1.73 bits per heavy atom. The molecule has 4 aromatic rings. The quantitative estimate of drug-likeness (QED) is 0.292. The molecule has 0 radical (unpaired) electrons. The fraction of sp³-hybridized carbons (Fsp3) is 0.167. The molecule has 10 heteroatoms. The van der Waals surface area contributed by atoms with Gasteiger partial charge in [-0.15, -0.1) is 0 Å². The van der Waals surface area contributed by atoms with E-state index >= 15 is 0 Å². The highest BCUT2D eigenvalue weighted by Gasteiger charge is 2.37. The van der Waals surface area contributed by atoms with Crippen molar-refractivity contribution in [3.8, 4) is 0 Å². The first-order chi connectivity index (χ1) is 19.3. The van der Waals surface area contributed by atoms with Crippen LogP contribution in [0.5, 0.6) is 0 Å². The maximum Gasteiger partial charge on any atom is 0.338 e. The summed E-state index contributed by atoms with van der Waals surface area (Å²) in [6.07, 6.45) is 0.904. The molecule has 1 aliphatic rings. The molecule has 0 spiro atoms. The van der Waals surface area contributed by atoms with Crippen molar-refractivity contribution in [3.63, 3.8) is 0 Å². The molecule has 5 rings (SSSR count). The first kappa shape index (κ1) is 27.1. The van der Waals surface area contributed by atoms with Gasteiger partial charge in [-0.3, -0.25) is 9.59 Å². The van der Waals surface area contributed by atoms with E-state index in [1.165, 1.54) is 12.1 Å². The van der Waals surface area contributed by atoms with Gasteiger partial charge >= 0.3 is 5.97 Å². The zero-order valence-electron chi connectivity index (χ0n) is 21.4. The molecule has 40 heavy (non-hydrogen) atoms. The summed E-state index contributed by atoms with van der Waals surface area (Å²) in [7, 11) is 0. The van der Waals surface area contributed by atoms with E-state index < -0.39 is 29.9 Å². The lowest BCUT2D eigenvalue weighted by atomic mass is 10.1. The summed E-state index contributed by atoms with van der Waals surface area (Å²) in [5.41, 5.74) is 3.35. The van der Waals surface area contributed by atoms with Crippen LogP contribution in [0.2, 0.25) is 0 Å². The van der Waals surface area contributed by atoms with Crippen LogP contribution < -0.4 is 10.6 Å². The third-order valence-corrected chi connectivity index (χ3v) is 7.09. The fourth-order valence-corrected chi connectivity index (χ4v) is 4.97. The largest absolute Gasteiger partial charge is 0.456 e. The van der Waals surface area contributed by atoms with E-state index in [4.69, 9.17) is 4.74 Å². The lowest BCUT2D eigenvalue weighted by molar-refractivity contribution is 0.0230. The summed E-state index contributed by atoms with van der Waals surface area (Å²) in [5, 5.41) is 5.64. The van der Waals surface area contributed by atoms with Gasteiger partial charge in [-0.2, -0.15) is 0 Å². The number of nitrogens with zero attached hydrogens (tertiary/aromatic N) is 2. The number of esters is 1. The molecule has 0 saturated carbocycles. The van der Waals surface area contributed by atoms with E-state index in [-0.39, 0.29) is 23.7 Å². The van der Waals surface area contributed by atoms with Crippen LogP contribution >= 0.6 is 15.9 Å². The maximum absolute atomic E-state index is 13.5. The zero-order chi connectivity index (χ0) is 28.2. The Bertz CT molecular complexity index is 1600. The molecular weight excluding hydrogens is 579 g/mol. The highest BCUT2D eigenvalue weighted by molar-refractivity contribution is 9.10. The Hall–Kier alpha value is -4.44. The Morgan fingerprint density at radius 3 is 2.48 bits per heavy atom. The van der Waals surface area contributed by atoms with E-state index in [1.54, 1.807) is 43.3 Å². The molecular formula is C30H24BrFN4O4. The van der Waals surface area contributed by atoms with Crippen molar-refractivity contribution in [1.82, 2.24) is 20.6 Å². The zero-order valence-corrected chi connectivity index (χ0v) is 22.9. The van der Waals surface area contributed by atoms with Crippen molar-refractivity contribution in [2.24, 2.45) is 0 Å². The van der Waals surface area contributed by atoms with Gasteiger partial charge in [-0.25, -0.2) is 19.2 Å². The van der Waals surface area contributed by atoms with Crippen LogP contribution in [0, 0.1) is 12.7 Å². The monoisotopic (exact) mass is 602 g/mol. The number of carbonyl (C=O) groups is 3. The summed E-state index contributed by atoms with van der Waals surface area (Å²) in [6.45, 7) is 1.80. The van der Waals surface area contributed by atoms with Crippen molar-refractivity contribution in [1.29, 1.82) is 0 Å². The second-order valence-corrected chi connectivity index (χ2v) is 10.3. The molecule has 0 unspecified atom stereocenters. The summed E-state index contributed by atoms with van der Waals surface area (Å²) >= 11 is 3.47. The molecule has 2 amide bonds. The lowest BCUT2D eigenvalue weighted by Crippen LogP contribution is -2.37. The summed E-state index contributed by atoms with van der Waals surface area (Å²) in [6, 6.07) is 19.5. The predicted octanol–water partition coefficient (Wildman–Crippen LogP) is 4.87. The molecule has 1 aliphatic carbocycles. The fourth-order valence-electron chi connectivity index (χ4n) is 4.56. The van der Waals surface area contributed by atoms with Gasteiger partial charge in [0.05, 0.1) is 11.6 Å². The molecule has 1 heterocycles. The van der Waals surface area contributed by atoms with E-state index in [1.807, 2.05) is 24.3 Å². The van der Waals surface area contributed by atoms with Crippen LogP contribution in [0.15, 0.2) is 83.6 Å². The van der Waals surface area contributed by atoms with Crippen LogP contribution in [0.25, 0.3) is 0 Å². The smallest absolute Gasteiger partial charge is 0.338 e. The number of fused-ring (bicyclic) bond motifs is 1. The number of halogens is 2. The van der Waals surface area contributed by atoms with Gasteiger partial charge < -0.3 is 15.4 Å². The topological polar surface area (TPSA) is 110 Å². The number of amides is 2. The van der Waals surface area contributed by atoms with Gasteiger partial charge in [0.2, 0.25) is 0 Å². The highest BCUT2D eigenvalue weighted by atomic mass is 79.9. The highest BCUT2D eigenvalue weighted by Crippen LogP contribution is 2.35. The van der Waals surface area contributed by atoms with Gasteiger partial charge in [0.25, 0.3) is 11.8 Å². The summed E-state index contributed by atoms with van der Waals surface area (Å²) < 4.78 is 20.2. The van der Waals surface area contributed by atoms with E-state index in [9.17, 15) is 18.8 Å². The molecule has 2 N–H and O–H groups in total. The number of carbonyl (C=O) groups excluding carboxylic acids is 3. The number of rotatable bonds is 7. The van der Waals surface area contributed by atoms with Crippen molar-refractivity contribution in [2.75, 3.05) is 0 Å². The molecule has 3 aromatic carbocycles. The second kappa shape index (κ2) is 11.7. The summed E-state index contributed by atoms with van der Waals surface area (Å²) in [4.78, 5) is 46.9. The molecule has 8 nitrogen and oxygen atoms in total. The number of ether oxygens (including phenoxy) is 1. The first-order valence-electron chi connectivity index (χ1n) is 12.5. The number of hydrogen-bond acceptors (Lipinski definition) is 6. The van der Waals surface area contributed by atoms with E-state index in [0.29, 0.717) is 17.5 Å². The van der Waals surface area contributed by atoms with Gasteiger partial charge in [0.15, 0.2) is 0 Å². The average Bonchev–Trinajstić information content (AvgIpc) is 3.29. The third kappa shape index (κ3) is 6.07. The third-order valence-electron chi connectivity index (χ3n) is 6.60. The van der Waals surface area contributed by atoms with Crippen molar-refractivity contribution in [2.45, 2.75) is 32.0 Å². The Labute approximate surface area is 238 Å². The standard InChI is InChI=1S/C30H24BrFN4O4/c1-17-11-18(7-10-23(17)32)15-33-28(37)24-14-25(35-16-34-24)29(38)36-27-22-9-8-21(31)12-20(22)13-26(27)40-30(39)19-5-3-2-4-6-19/h2-12,14,16,26-27H,13,15H2,1H3,(H,33,37)(H,36,38)/t26-,27-/m1/s1. The van der Waals surface area contributed by atoms with Gasteiger partial charge in [-0.05, 0) is 59.5 Å². The SMILES string of the molecule is Cc1cc(CNC(=O)c2cc(C(=O)N[C@@H]3c4ccc(Br)cc4C[C@H]3OC(=O)c3ccccc3)ncn2)ccc1F. The average molecular weight is 603 g/mol. The molecule has 2 atom stereocenters. The van der Waals surface area contributed by atoms with Crippen LogP contribution in [0.1, 0.15) is 59.6 Å².